The van der Waals surface area contributed by atoms with E-state index in [0.29, 0.717) is 5.69 Å². The molecular formula is C15H14N2O6S. The maximum absolute atomic E-state index is 12.0. The first-order valence-corrected chi connectivity index (χ1v) is 8.18. The number of phenols is 1. The molecule has 0 bridgehead atoms. The second kappa shape index (κ2) is 7.11. The summed E-state index contributed by atoms with van der Waals surface area (Å²) in [4.78, 5) is 22.3. The summed E-state index contributed by atoms with van der Waals surface area (Å²) < 4.78 is 25.6. The second-order valence-corrected chi connectivity index (χ2v) is 6.51. The Morgan fingerprint density at radius 1 is 1.04 bits per heavy atom. The molecule has 0 spiro atoms. The predicted octanol–water partition coefficient (Wildman–Crippen LogP) is 1.01. The number of hydrogen-bond donors (Lipinski definition) is 4. The van der Waals surface area contributed by atoms with Crippen molar-refractivity contribution in [3.8, 4) is 5.75 Å². The molecule has 0 fully saturated rings. The number of anilines is 1. The van der Waals surface area contributed by atoms with Gasteiger partial charge in [0.05, 0.1) is 4.90 Å². The fourth-order valence-corrected chi connectivity index (χ4v) is 2.78. The average Bonchev–Trinajstić information content (AvgIpc) is 2.53. The molecule has 8 nitrogen and oxygen atoms in total. The van der Waals surface area contributed by atoms with E-state index in [4.69, 9.17) is 5.11 Å². The minimum Gasteiger partial charge on any atom is -0.508 e. The van der Waals surface area contributed by atoms with Crippen LogP contribution in [0.4, 0.5) is 5.69 Å². The number of benzene rings is 2. The third-order valence-electron chi connectivity index (χ3n) is 2.94. The van der Waals surface area contributed by atoms with Gasteiger partial charge in [-0.15, -0.1) is 0 Å². The minimum absolute atomic E-state index is 0.0476. The summed E-state index contributed by atoms with van der Waals surface area (Å²) in [6.45, 7) is -0.724. The summed E-state index contributed by atoms with van der Waals surface area (Å²) in [6.07, 6.45) is 0. The Morgan fingerprint density at radius 3 is 2.29 bits per heavy atom. The van der Waals surface area contributed by atoms with Gasteiger partial charge in [-0.3, -0.25) is 9.59 Å². The van der Waals surface area contributed by atoms with Gasteiger partial charge in [-0.25, -0.2) is 8.42 Å². The lowest BCUT2D eigenvalue weighted by Gasteiger charge is -2.08. The number of hydrogen-bond acceptors (Lipinski definition) is 5. The Balaban J connectivity index is 2.09. The zero-order valence-electron chi connectivity index (χ0n) is 12.3. The molecular weight excluding hydrogens is 336 g/mol. The first kappa shape index (κ1) is 17.4. The van der Waals surface area contributed by atoms with Gasteiger partial charge in [-0.1, -0.05) is 6.07 Å². The van der Waals surface area contributed by atoms with E-state index < -0.39 is 28.4 Å². The molecule has 0 unspecified atom stereocenters. The third kappa shape index (κ3) is 4.54. The highest BCUT2D eigenvalue weighted by atomic mass is 32.2. The second-order valence-electron chi connectivity index (χ2n) is 4.75. The normalized spacial score (nSPS) is 11.0. The number of rotatable bonds is 6. The number of carbonyl (C=O) groups excluding carboxylic acids is 1. The monoisotopic (exact) mass is 350 g/mol. The van der Waals surface area contributed by atoms with Crippen LogP contribution in [-0.4, -0.2) is 37.1 Å². The SMILES string of the molecule is O=C(O)CNS(=O)(=O)c1ccc(NC(=O)c2cccc(O)c2)cc1. The zero-order valence-corrected chi connectivity index (χ0v) is 13.1. The molecule has 0 aromatic heterocycles. The number of carbonyl (C=O) groups is 2. The molecule has 2 rings (SSSR count). The van der Waals surface area contributed by atoms with Gasteiger partial charge >= 0.3 is 5.97 Å². The average molecular weight is 350 g/mol. The first-order valence-electron chi connectivity index (χ1n) is 6.70. The van der Waals surface area contributed by atoms with Crippen molar-refractivity contribution >= 4 is 27.6 Å². The van der Waals surface area contributed by atoms with E-state index in [9.17, 15) is 23.1 Å². The number of amides is 1. The van der Waals surface area contributed by atoms with E-state index >= 15 is 0 Å². The van der Waals surface area contributed by atoms with Crippen LogP contribution in [0.2, 0.25) is 0 Å². The van der Waals surface area contributed by atoms with Gasteiger partial charge in [0.1, 0.15) is 12.3 Å². The molecule has 2 aromatic carbocycles. The van der Waals surface area contributed by atoms with Crippen LogP contribution in [-0.2, 0) is 14.8 Å². The molecule has 2 aromatic rings. The van der Waals surface area contributed by atoms with Gasteiger partial charge in [0.15, 0.2) is 0 Å². The Kier molecular flexibility index (Phi) is 5.17. The summed E-state index contributed by atoms with van der Waals surface area (Å²) >= 11 is 0. The summed E-state index contributed by atoms with van der Waals surface area (Å²) in [5, 5.41) is 20.4. The maximum atomic E-state index is 12.0. The van der Waals surface area contributed by atoms with Crippen molar-refractivity contribution in [3.05, 3.63) is 54.1 Å². The number of phenolic OH excluding ortho intramolecular Hbond substituents is 1. The summed E-state index contributed by atoms with van der Waals surface area (Å²) in [7, 11) is -3.93. The lowest BCUT2D eigenvalue weighted by molar-refractivity contribution is -0.135. The molecule has 0 heterocycles. The van der Waals surface area contributed by atoms with Crippen LogP contribution >= 0.6 is 0 Å². The lowest BCUT2D eigenvalue weighted by Crippen LogP contribution is -2.29. The Morgan fingerprint density at radius 2 is 1.71 bits per heavy atom. The number of sulfonamides is 1. The third-order valence-corrected chi connectivity index (χ3v) is 4.36. The van der Waals surface area contributed by atoms with Gasteiger partial charge < -0.3 is 15.5 Å². The van der Waals surface area contributed by atoms with Crippen molar-refractivity contribution in [2.75, 3.05) is 11.9 Å². The van der Waals surface area contributed by atoms with Crippen molar-refractivity contribution < 1.29 is 28.2 Å². The van der Waals surface area contributed by atoms with E-state index in [1.54, 1.807) is 0 Å². The lowest BCUT2D eigenvalue weighted by atomic mass is 10.2. The molecule has 0 radical (unpaired) electrons. The minimum atomic E-state index is -3.93. The topological polar surface area (TPSA) is 133 Å². The molecule has 0 aliphatic rings. The number of carboxylic acids is 1. The molecule has 0 atom stereocenters. The zero-order chi connectivity index (χ0) is 17.7. The molecule has 24 heavy (non-hydrogen) atoms. The highest BCUT2D eigenvalue weighted by molar-refractivity contribution is 7.89. The van der Waals surface area contributed by atoms with E-state index in [1.807, 2.05) is 4.72 Å². The standard InChI is InChI=1S/C15H14N2O6S/c18-12-3-1-2-10(8-12)15(21)17-11-4-6-13(7-5-11)24(22,23)16-9-14(19)20/h1-8,16,18H,9H2,(H,17,21)(H,19,20). The van der Waals surface area contributed by atoms with Crippen LogP contribution in [0.5, 0.6) is 5.75 Å². The number of aliphatic carboxylic acids is 1. The Labute approximate surface area is 137 Å². The van der Waals surface area contributed by atoms with E-state index in [0.717, 1.165) is 0 Å². The summed E-state index contributed by atoms with van der Waals surface area (Å²) in [5.41, 5.74) is 0.593. The fourth-order valence-electron chi connectivity index (χ4n) is 1.81. The van der Waals surface area contributed by atoms with E-state index in [2.05, 4.69) is 5.32 Å². The van der Waals surface area contributed by atoms with Crippen molar-refractivity contribution in [2.45, 2.75) is 4.90 Å². The Hall–Kier alpha value is -2.91. The van der Waals surface area contributed by atoms with Crippen LogP contribution in [0.15, 0.2) is 53.4 Å². The fraction of sp³-hybridized carbons (Fsp3) is 0.0667. The molecule has 0 aliphatic carbocycles. The van der Waals surface area contributed by atoms with Crippen molar-refractivity contribution in [3.63, 3.8) is 0 Å². The van der Waals surface area contributed by atoms with Gasteiger partial charge in [-0.2, -0.15) is 4.72 Å². The van der Waals surface area contributed by atoms with Crippen LogP contribution in [0.25, 0.3) is 0 Å². The van der Waals surface area contributed by atoms with Gasteiger partial charge in [0.25, 0.3) is 5.91 Å². The van der Waals surface area contributed by atoms with Crippen LogP contribution in [0.3, 0.4) is 0 Å². The maximum Gasteiger partial charge on any atom is 0.318 e. The van der Waals surface area contributed by atoms with Crippen molar-refractivity contribution in [2.24, 2.45) is 0 Å². The molecule has 1 amide bonds. The highest BCUT2D eigenvalue weighted by Crippen LogP contribution is 2.16. The molecule has 126 valence electrons. The molecule has 9 heteroatoms. The van der Waals surface area contributed by atoms with Gasteiger partial charge in [0.2, 0.25) is 10.0 Å². The van der Waals surface area contributed by atoms with Crippen LogP contribution in [0.1, 0.15) is 10.4 Å². The van der Waals surface area contributed by atoms with E-state index in [-0.39, 0.29) is 16.2 Å². The highest BCUT2D eigenvalue weighted by Gasteiger charge is 2.15. The summed E-state index contributed by atoms with van der Waals surface area (Å²) in [6, 6.07) is 11.0. The van der Waals surface area contributed by atoms with Crippen LogP contribution < -0.4 is 10.0 Å². The number of aromatic hydroxyl groups is 1. The van der Waals surface area contributed by atoms with Crippen molar-refractivity contribution in [1.82, 2.24) is 4.72 Å². The van der Waals surface area contributed by atoms with Gasteiger partial charge in [0, 0.05) is 11.3 Å². The van der Waals surface area contributed by atoms with Crippen molar-refractivity contribution in [1.29, 1.82) is 0 Å². The van der Waals surface area contributed by atoms with Gasteiger partial charge in [-0.05, 0) is 42.5 Å². The predicted molar refractivity (Wildman–Crippen MR) is 85.3 cm³/mol. The molecule has 4 N–H and O–H groups in total. The summed E-state index contributed by atoms with van der Waals surface area (Å²) in [5.74, 6) is -1.81. The first-order chi connectivity index (χ1) is 11.3. The largest absolute Gasteiger partial charge is 0.508 e. The smallest absolute Gasteiger partial charge is 0.318 e. The Bertz CT molecular complexity index is 862. The molecule has 0 saturated heterocycles. The number of carboxylic acid groups (broad SMARTS) is 1. The molecule has 0 saturated carbocycles. The quantitative estimate of drug-likeness (QED) is 0.614. The number of nitrogens with one attached hydrogen (secondary N) is 2. The molecule has 0 aliphatic heterocycles. The van der Waals surface area contributed by atoms with E-state index in [1.165, 1.54) is 48.5 Å². The van der Waals surface area contributed by atoms with Crippen LogP contribution in [0, 0.1) is 0 Å².